The quantitative estimate of drug-likeness (QED) is 0.455. The van der Waals surface area contributed by atoms with Crippen LogP contribution in [0.4, 0.5) is 0 Å². The molecule has 0 aromatic rings. The summed E-state index contributed by atoms with van der Waals surface area (Å²) in [5.41, 5.74) is 0. The Morgan fingerprint density at radius 2 is 2.29 bits per heavy atom. The zero-order valence-corrected chi connectivity index (χ0v) is 4.87. The van der Waals surface area contributed by atoms with Gasteiger partial charge in [-0.2, -0.15) is 0 Å². The van der Waals surface area contributed by atoms with Gasteiger partial charge in [-0.15, -0.1) is 0 Å². The summed E-state index contributed by atoms with van der Waals surface area (Å²) < 4.78 is 4.61. The van der Waals surface area contributed by atoms with E-state index in [1.807, 2.05) is 0 Å². The first-order chi connectivity index (χ1) is 2.81. The van der Waals surface area contributed by atoms with Crippen molar-refractivity contribution >= 4 is 45.8 Å². The summed E-state index contributed by atoms with van der Waals surface area (Å²) in [6, 6.07) is 0. The van der Waals surface area contributed by atoms with E-state index in [2.05, 4.69) is 21.0 Å². The van der Waals surface area contributed by atoms with Gasteiger partial charge in [0.25, 0.3) is 0 Å². The van der Waals surface area contributed by atoms with Crippen LogP contribution in [0.3, 0.4) is 0 Å². The number of aliphatic hydroxyl groups is 1. The minimum atomic E-state index is -0.0926. The van der Waals surface area contributed by atoms with Crippen LogP contribution < -0.4 is 0 Å². The van der Waals surface area contributed by atoms with Crippen LogP contribution in [0.2, 0.25) is 0 Å². The first-order valence-electron chi connectivity index (χ1n) is 1.70. The van der Waals surface area contributed by atoms with Gasteiger partial charge in [0.15, 0.2) is 16.3 Å². The van der Waals surface area contributed by atoms with Crippen LogP contribution in [0.5, 0.6) is 0 Å². The Hall–Kier alpha value is 1.45. The molecule has 2 radical (unpaired) electrons. The molecule has 0 fully saturated rings. The number of hydrogen-bond donors (Lipinski definition) is 1. The molecule has 0 aliphatic carbocycles. The molecule has 0 saturated carbocycles. The molecule has 0 aliphatic rings. The second kappa shape index (κ2) is 7.45. The van der Waals surface area contributed by atoms with Crippen LogP contribution in [0.1, 0.15) is 0 Å². The van der Waals surface area contributed by atoms with Gasteiger partial charge in [-0.3, -0.25) is 0 Å². The van der Waals surface area contributed by atoms with Gasteiger partial charge in [0.05, 0.1) is 6.61 Å². The third-order valence-electron chi connectivity index (χ3n) is 0.483. The molecular formula is C3H8AlNaO2. The van der Waals surface area contributed by atoms with Gasteiger partial charge in [-0.25, -0.2) is 0 Å². The maximum atomic E-state index is 8.19. The second-order valence-electron chi connectivity index (χ2n) is 0.957. The zero-order chi connectivity index (χ0) is 4.99. The van der Waals surface area contributed by atoms with Gasteiger partial charge in [-0.05, 0) is 0 Å². The second-order valence-corrected chi connectivity index (χ2v) is 1.70. The van der Waals surface area contributed by atoms with Crippen molar-refractivity contribution in [3.05, 3.63) is 0 Å². The third kappa shape index (κ3) is 7.45. The standard InChI is InChI=1S/C3H7O2.Al.Na.H/c1-5-3-2-4;;;/h3-4H,2H2,1H3;;;. The van der Waals surface area contributed by atoms with E-state index in [1.165, 1.54) is 0 Å². The molecule has 0 aromatic heterocycles. The topological polar surface area (TPSA) is 29.5 Å². The molecule has 0 rings (SSSR count). The van der Waals surface area contributed by atoms with Crippen LogP contribution in [0, 0.1) is 0 Å². The van der Waals surface area contributed by atoms with Crippen LogP contribution in [-0.2, 0) is 4.74 Å². The molecule has 0 aliphatic heterocycles. The van der Waals surface area contributed by atoms with Crippen LogP contribution >= 0.6 is 0 Å². The predicted octanol–water partition coefficient (Wildman–Crippen LogP) is -1.53. The normalized spacial score (nSPS) is 12.3. The molecule has 36 valence electrons. The first-order valence-corrected chi connectivity index (χ1v) is 2.37. The number of hydrogen-bond acceptors (Lipinski definition) is 2. The van der Waals surface area contributed by atoms with Gasteiger partial charge >= 0.3 is 29.6 Å². The van der Waals surface area contributed by atoms with Gasteiger partial charge in [-0.1, -0.05) is 0 Å². The van der Waals surface area contributed by atoms with E-state index < -0.39 is 0 Å². The van der Waals surface area contributed by atoms with Gasteiger partial charge in [0.1, 0.15) is 0 Å². The number of rotatable bonds is 2. The first kappa shape index (κ1) is 11.3. The molecule has 0 bridgehead atoms. The van der Waals surface area contributed by atoms with Crippen LogP contribution in [0.25, 0.3) is 0 Å². The zero-order valence-electron chi connectivity index (χ0n) is 3.72. The van der Waals surface area contributed by atoms with Crippen molar-refractivity contribution < 1.29 is 9.84 Å². The summed E-state index contributed by atoms with van der Waals surface area (Å²) in [6.07, 6.45) is 0. The molecule has 1 atom stereocenters. The fourth-order valence-electron chi connectivity index (χ4n) is 0.0745. The molecular weight excluding hydrogens is 118 g/mol. The summed E-state index contributed by atoms with van der Waals surface area (Å²) in [6.45, 7) is 0.0706. The molecule has 1 N–H and O–H groups in total. The third-order valence-corrected chi connectivity index (χ3v) is 0.966. The number of methoxy groups -OCH3 is 1. The molecule has 0 spiro atoms. The molecule has 7 heavy (non-hydrogen) atoms. The summed E-state index contributed by atoms with van der Waals surface area (Å²) in [4.78, 5) is -0.0926. The molecule has 0 amide bonds. The minimum absolute atomic E-state index is 0. The molecule has 2 nitrogen and oxygen atoms in total. The van der Waals surface area contributed by atoms with E-state index in [1.54, 1.807) is 7.11 Å². The average Bonchev–Trinajstić information content (AvgIpc) is 1.65. The molecule has 0 saturated heterocycles. The molecule has 0 aromatic carbocycles. The Morgan fingerprint density at radius 3 is 2.29 bits per heavy atom. The van der Waals surface area contributed by atoms with E-state index in [4.69, 9.17) is 5.11 Å². The van der Waals surface area contributed by atoms with Gasteiger partial charge in [0, 0.05) is 12.1 Å². The average molecular weight is 126 g/mol. The Balaban J connectivity index is 0. The van der Waals surface area contributed by atoms with E-state index >= 15 is 0 Å². The Bertz CT molecular complexity index is 32.1. The Labute approximate surface area is 74.0 Å². The van der Waals surface area contributed by atoms with E-state index in [0.717, 1.165) is 0 Å². The summed E-state index contributed by atoms with van der Waals surface area (Å²) in [7, 11) is 1.55. The molecule has 1 unspecified atom stereocenters. The van der Waals surface area contributed by atoms with Crippen molar-refractivity contribution in [3.63, 3.8) is 0 Å². The molecule has 0 heterocycles. The van der Waals surface area contributed by atoms with Crippen LogP contribution in [0.15, 0.2) is 0 Å². The van der Waals surface area contributed by atoms with Crippen molar-refractivity contribution in [2.45, 2.75) is 4.97 Å². The van der Waals surface area contributed by atoms with Crippen molar-refractivity contribution in [2.75, 3.05) is 13.7 Å². The fourth-order valence-corrected chi connectivity index (χ4v) is 0.0745. The van der Waals surface area contributed by atoms with Crippen molar-refractivity contribution in [3.8, 4) is 0 Å². The Morgan fingerprint density at radius 1 is 1.86 bits per heavy atom. The maximum absolute atomic E-state index is 8.19. The SMILES string of the molecule is CO[CH]([Al])CO.[NaH]. The monoisotopic (exact) mass is 126 g/mol. The van der Waals surface area contributed by atoms with E-state index in [-0.39, 0.29) is 41.1 Å². The summed E-state index contributed by atoms with van der Waals surface area (Å²) in [5, 5.41) is 8.19. The van der Waals surface area contributed by atoms with Crippen molar-refractivity contribution in [1.82, 2.24) is 0 Å². The Kier molecular flexibility index (Phi) is 12.0. The summed E-state index contributed by atoms with van der Waals surface area (Å²) in [5.74, 6) is 0. The van der Waals surface area contributed by atoms with Gasteiger partial charge < -0.3 is 9.84 Å². The van der Waals surface area contributed by atoms with Crippen molar-refractivity contribution in [1.29, 1.82) is 0 Å². The summed E-state index contributed by atoms with van der Waals surface area (Å²) >= 11 is 2.34. The molecule has 4 heteroatoms. The number of ether oxygens (including phenoxy) is 1. The van der Waals surface area contributed by atoms with E-state index in [9.17, 15) is 0 Å². The predicted molar refractivity (Wildman–Crippen MR) is 30.8 cm³/mol. The van der Waals surface area contributed by atoms with Gasteiger partial charge in [0.2, 0.25) is 0 Å². The van der Waals surface area contributed by atoms with Crippen molar-refractivity contribution in [2.24, 2.45) is 0 Å². The van der Waals surface area contributed by atoms with E-state index in [0.29, 0.717) is 0 Å². The number of aliphatic hydroxyl groups excluding tert-OH is 1. The fraction of sp³-hybridized carbons (Fsp3) is 1.00. The van der Waals surface area contributed by atoms with Crippen LogP contribution in [-0.4, -0.2) is 69.6 Å².